The van der Waals surface area contributed by atoms with Crippen molar-refractivity contribution >= 4 is 32.6 Å². The van der Waals surface area contributed by atoms with Crippen molar-refractivity contribution in [3.05, 3.63) is 24.3 Å². The highest BCUT2D eigenvalue weighted by Gasteiger charge is 2.24. The van der Waals surface area contributed by atoms with Crippen molar-refractivity contribution in [1.82, 2.24) is 10.3 Å². The van der Waals surface area contributed by atoms with E-state index in [0.717, 1.165) is 23.2 Å². The zero-order valence-corrected chi connectivity index (χ0v) is 9.38. The van der Waals surface area contributed by atoms with E-state index in [4.69, 9.17) is 0 Å². The van der Waals surface area contributed by atoms with Gasteiger partial charge in [-0.25, -0.2) is 4.98 Å². The van der Waals surface area contributed by atoms with E-state index in [2.05, 4.69) is 15.6 Å². The van der Waals surface area contributed by atoms with Crippen molar-refractivity contribution in [1.29, 1.82) is 0 Å². The van der Waals surface area contributed by atoms with Crippen LogP contribution < -0.4 is 10.6 Å². The van der Waals surface area contributed by atoms with Gasteiger partial charge in [-0.2, -0.15) is 0 Å². The molecule has 1 fully saturated rings. The number of para-hydroxylation sites is 1. The summed E-state index contributed by atoms with van der Waals surface area (Å²) in [5.41, 5.74) is 0.935. The number of benzene rings is 1. The smallest absolute Gasteiger partial charge is 0.243 e. The molecule has 1 aromatic heterocycles. The standard InChI is InChI=1S/C11H11N3OS/c15-10(8-5-6-12-8)14-11-13-7-3-1-2-4-9(7)16-11/h1-4,8,12H,5-6H2,(H,13,14,15). The van der Waals surface area contributed by atoms with Crippen LogP contribution in [-0.2, 0) is 4.79 Å². The van der Waals surface area contributed by atoms with Gasteiger partial charge in [-0.1, -0.05) is 23.5 Å². The van der Waals surface area contributed by atoms with Crippen LogP contribution in [0.2, 0.25) is 0 Å². The summed E-state index contributed by atoms with van der Waals surface area (Å²) < 4.78 is 1.10. The molecule has 5 heteroatoms. The summed E-state index contributed by atoms with van der Waals surface area (Å²) in [5, 5.41) is 6.58. The minimum atomic E-state index is -0.0352. The van der Waals surface area contributed by atoms with Gasteiger partial charge < -0.3 is 10.6 Å². The average molecular weight is 233 g/mol. The second-order valence-corrected chi connectivity index (χ2v) is 4.80. The van der Waals surface area contributed by atoms with Crippen LogP contribution in [0.1, 0.15) is 6.42 Å². The Bertz CT molecular complexity index is 500. The van der Waals surface area contributed by atoms with E-state index >= 15 is 0 Å². The Balaban J connectivity index is 1.80. The molecule has 1 saturated heterocycles. The van der Waals surface area contributed by atoms with Gasteiger partial charge in [0.1, 0.15) is 0 Å². The van der Waals surface area contributed by atoms with E-state index in [1.54, 1.807) is 0 Å². The van der Waals surface area contributed by atoms with Crippen LogP contribution in [0.25, 0.3) is 10.2 Å². The van der Waals surface area contributed by atoms with Crippen LogP contribution in [0.4, 0.5) is 5.13 Å². The van der Waals surface area contributed by atoms with E-state index in [-0.39, 0.29) is 11.9 Å². The molecule has 2 heterocycles. The first-order chi connectivity index (χ1) is 7.83. The van der Waals surface area contributed by atoms with Gasteiger partial charge >= 0.3 is 0 Å². The summed E-state index contributed by atoms with van der Waals surface area (Å²) >= 11 is 1.51. The molecule has 0 bridgehead atoms. The van der Waals surface area contributed by atoms with Crippen LogP contribution in [0.5, 0.6) is 0 Å². The molecule has 82 valence electrons. The number of anilines is 1. The molecule has 16 heavy (non-hydrogen) atoms. The maximum absolute atomic E-state index is 11.7. The van der Waals surface area contributed by atoms with Gasteiger partial charge in [0.2, 0.25) is 5.91 Å². The zero-order valence-electron chi connectivity index (χ0n) is 8.56. The molecule has 2 N–H and O–H groups in total. The topological polar surface area (TPSA) is 54.0 Å². The summed E-state index contributed by atoms with van der Waals surface area (Å²) in [6, 6.07) is 7.83. The molecule has 3 rings (SSSR count). The fraction of sp³-hybridized carbons (Fsp3) is 0.273. The number of aromatic nitrogens is 1. The highest BCUT2D eigenvalue weighted by atomic mass is 32.1. The first kappa shape index (κ1) is 9.74. The Hall–Kier alpha value is -1.46. The minimum absolute atomic E-state index is 0.0188. The Kier molecular flexibility index (Phi) is 2.34. The third-order valence-electron chi connectivity index (χ3n) is 2.66. The SMILES string of the molecule is O=C(Nc1nc2ccccc2s1)C1CCN1. The van der Waals surface area contributed by atoms with E-state index in [9.17, 15) is 4.79 Å². The lowest BCUT2D eigenvalue weighted by atomic mass is 10.1. The molecular weight excluding hydrogens is 222 g/mol. The molecule has 0 radical (unpaired) electrons. The number of carbonyl (C=O) groups is 1. The number of amides is 1. The Morgan fingerprint density at radius 2 is 2.31 bits per heavy atom. The van der Waals surface area contributed by atoms with Crippen LogP contribution >= 0.6 is 11.3 Å². The van der Waals surface area contributed by atoms with Crippen molar-refractivity contribution in [3.8, 4) is 0 Å². The van der Waals surface area contributed by atoms with E-state index in [0.29, 0.717) is 5.13 Å². The van der Waals surface area contributed by atoms with Crippen molar-refractivity contribution in [2.45, 2.75) is 12.5 Å². The monoisotopic (exact) mass is 233 g/mol. The first-order valence-electron chi connectivity index (χ1n) is 5.23. The Morgan fingerprint density at radius 1 is 1.50 bits per heavy atom. The summed E-state index contributed by atoms with van der Waals surface area (Å²) in [4.78, 5) is 16.0. The van der Waals surface area contributed by atoms with Crippen LogP contribution in [0, 0.1) is 0 Å². The van der Waals surface area contributed by atoms with E-state index in [1.807, 2.05) is 24.3 Å². The lowest BCUT2D eigenvalue weighted by molar-refractivity contribution is -0.119. The third kappa shape index (κ3) is 1.68. The second kappa shape index (κ2) is 3.84. The van der Waals surface area contributed by atoms with Crippen LogP contribution in [0.15, 0.2) is 24.3 Å². The van der Waals surface area contributed by atoms with Crippen molar-refractivity contribution in [3.63, 3.8) is 0 Å². The van der Waals surface area contributed by atoms with E-state index in [1.165, 1.54) is 11.3 Å². The highest BCUT2D eigenvalue weighted by Crippen LogP contribution is 2.25. The first-order valence-corrected chi connectivity index (χ1v) is 6.04. The number of hydrogen-bond donors (Lipinski definition) is 2. The average Bonchev–Trinajstić information content (AvgIpc) is 2.56. The summed E-state index contributed by atoms with van der Waals surface area (Å²) in [7, 11) is 0. The van der Waals surface area contributed by atoms with Gasteiger partial charge in [-0.05, 0) is 25.1 Å². The number of fused-ring (bicyclic) bond motifs is 1. The summed E-state index contributed by atoms with van der Waals surface area (Å²) in [6.45, 7) is 0.929. The molecule has 0 spiro atoms. The number of hydrogen-bond acceptors (Lipinski definition) is 4. The zero-order chi connectivity index (χ0) is 11.0. The number of nitrogens with zero attached hydrogens (tertiary/aromatic N) is 1. The molecule has 1 aromatic carbocycles. The molecule has 1 atom stereocenters. The molecule has 1 aliphatic heterocycles. The molecule has 1 aliphatic rings. The molecule has 0 aliphatic carbocycles. The minimum Gasteiger partial charge on any atom is -0.306 e. The Labute approximate surface area is 96.7 Å². The molecule has 1 unspecified atom stereocenters. The van der Waals surface area contributed by atoms with Crippen molar-refractivity contribution < 1.29 is 4.79 Å². The second-order valence-electron chi connectivity index (χ2n) is 3.77. The molecule has 2 aromatic rings. The van der Waals surface area contributed by atoms with Crippen LogP contribution in [-0.4, -0.2) is 23.5 Å². The number of carbonyl (C=O) groups excluding carboxylic acids is 1. The van der Waals surface area contributed by atoms with Crippen LogP contribution in [0.3, 0.4) is 0 Å². The highest BCUT2D eigenvalue weighted by molar-refractivity contribution is 7.22. The van der Waals surface area contributed by atoms with Gasteiger partial charge in [-0.15, -0.1) is 0 Å². The quantitative estimate of drug-likeness (QED) is 0.828. The maximum Gasteiger partial charge on any atom is 0.243 e. The number of nitrogens with one attached hydrogen (secondary N) is 2. The molecule has 4 nitrogen and oxygen atoms in total. The van der Waals surface area contributed by atoms with E-state index < -0.39 is 0 Å². The number of thiazole rings is 1. The predicted molar refractivity (Wildman–Crippen MR) is 64.7 cm³/mol. The number of rotatable bonds is 2. The van der Waals surface area contributed by atoms with Gasteiger partial charge in [0.25, 0.3) is 0 Å². The maximum atomic E-state index is 11.7. The summed E-state index contributed by atoms with van der Waals surface area (Å²) in [5.74, 6) is 0.0188. The fourth-order valence-corrected chi connectivity index (χ4v) is 2.50. The van der Waals surface area contributed by atoms with Crippen molar-refractivity contribution in [2.75, 3.05) is 11.9 Å². The molecule has 0 saturated carbocycles. The third-order valence-corrected chi connectivity index (χ3v) is 3.62. The Morgan fingerprint density at radius 3 is 3.00 bits per heavy atom. The largest absolute Gasteiger partial charge is 0.306 e. The van der Waals surface area contributed by atoms with Gasteiger partial charge in [0.15, 0.2) is 5.13 Å². The lowest BCUT2D eigenvalue weighted by Gasteiger charge is -2.25. The fourth-order valence-electron chi connectivity index (χ4n) is 1.63. The van der Waals surface area contributed by atoms with Gasteiger partial charge in [0.05, 0.1) is 16.3 Å². The molecule has 1 amide bonds. The summed E-state index contributed by atoms with van der Waals surface area (Å²) in [6.07, 6.45) is 0.913. The molecular formula is C11H11N3OS. The lowest BCUT2D eigenvalue weighted by Crippen LogP contribution is -2.50. The van der Waals surface area contributed by atoms with Gasteiger partial charge in [-0.3, -0.25) is 4.79 Å². The normalized spacial score (nSPS) is 19.4. The predicted octanol–water partition coefficient (Wildman–Crippen LogP) is 1.60. The van der Waals surface area contributed by atoms with Crippen molar-refractivity contribution in [2.24, 2.45) is 0 Å². The van der Waals surface area contributed by atoms with Gasteiger partial charge in [0, 0.05) is 0 Å².